The third-order valence-corrected chi connectivity index (χ3v) is 13.6. The first-order valence-electron chi connectivity index (χ1n) is 28.7. The summed E-state index contributed by atoms with van der Waals surface area (Å²) in [6.45, 7) is 22.8. The van der Waals surface area contributed by atoms with Gasteiger partial charge in [0, 0.05) is 34.6 Å². The fourth-order valence-electron chi connectivity index (χ4n) is 9.14. The summed E-state index contributed by atoms with van der Waals surface area (Å²) < 4.78 is 4.09. The number of carboxylic acids is 4. The molecule has 0 atom stereocenters. The molecule has 80 heavy (non-hydrogen) atoms. The molecule has 0 saturated heterocycles. The second-order valence-corrected chi connectivity index (χ2v) is 19.8. The molecule has 15 heteroatoms. The van der Waals surface area contributed by atoms with Gasteiger partial charge in [-0.15, -0.1) is 0 Å². The van der Waals surface area contributed by atoms with Crippen molar-refractivity contribution in [2.45, 2.75) is 157 Å². The van der Waals surface area contributed by atoms with Crippen molar-refractivity contribution < 1.29 is 54.0 Å². The van der Waals surface area contributed by atoms with Crippen molar-refractivity contribution in [2.75, 3.05) is 39.3 Å². The van der Waals surface area contributed by atoms with E-state index in [1.54, 1.807) is 0 Å². The zero-order valence-corrected chi connectivity index (χ0v) is 48.5. The predicted octanol–water partition coefficient (Wildman–Crippen LogP) is 12.8. The van der Waals surface area contributed by atoms with E-state index in [1.807, 2.05) is 72.1 Å². The zero-order valence-electron chi connectivity index (χ0n) is 48.5. The molecule has 4 heterocycles. The second-order valence-electron chi connectivity index (χ2n) is 19.8. The standard InChI is InChI=1S/C31H44N2O.C29H40N2O.2C2H2O4.CH2O/c1-4-7-15-28-25-29-16-11-13-24-33(29)30(28)31(34)27-19-17-26(18-20-27)14-10-12-23-32(21-8-5-2)22-9-6-3;1-4-7-19-30(20-8-5-2)21-11-9-13-24-15-17-26(18-16-24)29(32)28-25(6-3)23-27-14-10-12-22-31(27)28;2*3-1(4)2(5)6;1-2/h11,13,16-20,24-25H,4-10,12,14-15,21-23H2,1-3H3;10,12,14-18,22-23H,4-9,11,13,19-21H2,1-3H3;2*(H,3,4)(H,5,6);1H2. The molecular formula is C65H90N4O11. The lowest BCUT2D eigenvalue weighted by atomic mass is 9.99. The van der Waals surface area contributed by atoms with E-state index in [1.165, 1.54) is 127 Å². The minimum absolute atomic E-state index is 0.113. The number of aromatic nitrogens is 2. The van der Waals surface area contributed by atoms with Gasteiger partial charge < -0.3 is 43.8 Å². The molecule has 0 radical (unpaired) electrons. The number of aryl methyl sites for hydroxylation is 4. The van der Waals surface area contributed by atoms with Crippen molar-refractivity contribution in [3.05, 3.63) is 154 Å². The van der Waals surface area contributed by atoms with Crippen molar-refractivity contribution in [3.8, 4) is 0 Å². The molecule has 2 aromatic carbocycles. The average molecular weight is 1100 g/mol. The van der Waals surface area contributed by atoms with Gasteiger partial charge in [-0.2, -0.15) is 0 Å². The van der Waals surface area contributed by atoms with E-state index < -0.39 is 23.9 Å². The molecule has 0 aliphatic heterocycles. The monoisotopic (exact) mass is 1100 g/mol. The molecule has 0 amide bonds. The summed E-state index contributed by atoms with van der Waals surface area (Å²) >= 11 is 0. The van der Waals surface area contributed by atoms with Gasteiger partial charge in [0.1, 0.15) is 6.79 Å². The highest BCUT2D eigenvalue weighted by Crippen LogP contribution is 2.24. The van der Waals surface area contributed by atoms with E-state index in [0.29, 0.717) is 0 Å². The molecule has 0 aliphatic carbocycles. The number of aliphatic carboxylic acids is 4. The fourth-order valence-corrected chi connectivity index (χ4v) is 9.14. The van der Waals surface area contributed by atoms with Crippen molar-refractivity contribution >= 4 is 53.3 Å². The minimum Gasteiger partial charge on any atom is -0.473 e. The van der Waals surface area contributed by atoms with Crippen LogP contribution in [0.1, 0.15) is 186 Å². The molecule has 0 saturated carbocycles. The molecule has 436 valence electrons. The predicted molar refractivity (Wildman–Crippen MR) is 319 cm³/mol. The topological polar surface area (TPSA) is 216 Å². The first kappa shape index (κ1) is 68.9. The Balaban J connectivity index is 0.000000443. The van der Waals surface area contributed by atoms with E-state index in [4.69, 9.17) is 44.4 Å². The van der Waals surface area contributed by atoms with Gasteiger partial charge in [-0.05, 0) is 181 Å². The summed E-state index contributed by atoms with van der Waals surface area (Å²) in [4.78, 5) is 76.5. The number of fused-ring (bicyclic) bond motifs is 2. The van der Waals surface area contributed by atoms with E-state index in [-0.39, 0.29) is 11.6 Å². The Morgan fingerprint density at radius 3 is 1.05 bits per heavy atom. The van der Waals surface area contributed by atoms with Crippen LogP contribution in [0.15, 0.2) is 109 Å². The van der Waals surface area contributed by atoms with Crippen molar-refractivity contribution in [1.29, 1.82) is 0 Å². The Labute approximate surface area is 474 Å². The third-order valence-electron chi connectivity index (χ3n) is 13.6. The van der Waals surface area contributed by atoms with Crippen LogP contribution in [0.4, 0.5) is 0 Å². The Morgan fingerprint density at radius 1 is 0.400 bits per heavy atom. The molecule has 0 bridgehead atoms. The van der Waals surface area contributed by atoms with Gasteiger partial charge in [0.05, 0.1) is 11.4 Å². The van der Waals surface area contributed by atoms with Gasteiger partial charge in [-0.3, -0.25) is 9.59 Å². The number of benzene rings is 2. The van der Waals surface area contributed by atoms with E-state index in [9.17, 15) is 9.59 Å². The highest BCUT2D eigenvalue weighted by molar-refractivity contribution is 6.28. The van der Waals surface area contributed by atoms with Crippen LogP contribution in [0.25, 0.3) is 11.0 Å². The normalized spacial score (nSPS) is 10.7. The van der Waals surface area contributed by atoms with Crippen LogP contribution in [-0.4, -0.2) is 121 Å². The molecule has 15 nitrogen and oxygen atoms in total. The first-order chi connectivity index (χ1) is 38.6. The Morgan fingerprint density at radius 2 is 0.725 bits per heavy atom. The molecule has 0 spiro atoms. The quantitative estimate of drug-likeness (QED) is 0.0188. The number of hydrogen-bond acceptors (Lipinski definition) is 9. The first-order valence-corrected chi connectivity index (χ1v) is 28.7. The maximum atomic E-state index is 13.5. The van der Waals surface area contributed by atoms with Crippen LogP contribution in [0.3, 0.4) is 0 Å². The largest absolute Gasteiger partial charge is 0.473 e. The summed E-state index contributed by atoms with van der Waals surface area (Å²) in [7, 11) is 0. The third kappa shape index (κ3) is 24.4. The van der Waals surface area contributed by atoms with Gasteiger partial charge in [-0.25, -0.2) is 19.2 Å². The van der Waals surface area contributed by atoms with Gasteiger partial charge in [0.15, 0.2) is 0 Å². The number of rotatable bonds is 30. The number of carbonyl (C=O) groups is 7. The van der Waals surface area contributed by atoms with Crippen LogP contribution < -0.4 is 0 Å². The highest BCUT2D eigenvalue weighted by Gasteiger charge is 2.20. The molecule has 0 unspecified atom stereocenters. The SMILES string of the molecule is C=O.CCCCN(CCCC)CCCCc1ccc(C(=O)c2c(CC)cc3ccccn23)cc1.CCCCc1cc2ccccn2c1C(=O)c1ccc(CCCCN(CCCC)CCCC)cc1.O=C(O)C(=O)O.O=C(O)C(=O)O. The Hall–Kier alpha value is -7.23. The molecule has 0 aliphatic rings. The molecular weight excluding hydrogens is 1010 g/mol. The van der Waals surface area contributed by atoms with E-state index >= 15 is 0 Å². The summed E-state index contributed by atoms with van der Waals surface area (Å²) in [6, 6.07) is 33.2. The maximum Gasteiger partial charge on any atom is 0.414 e. The van der Waals surface area contributed by atoms with Gasteiger partial charge in [0.25, 0.3) is 0 Å². The van der Waals surface area contributed by atoms with E-state index in [2.05, 4.69) is 104 Å². The number of ketones is 2. The number of nitrogens with zero attached hydrogens (tertiary/aromatic N) is 4. The fraction of sp³-hybridized carbons (Fsp3) is 0.462. The van der Waals surface area contributed by atoms with E-state index in [0.717, 1.165) is 83.2 Å². The maximum absolute atomic E-state index is 13.5. The molecule has 4 aromatic heterocycles. The molecule has 6 rings (SSSR count). The lowest BCUT2D eigenvalue weighted by Gasteiger charge is -2.21. The number of carboxylic acid groups (broad SMARTS) is 4. The summed E-state index contributed by atoms with van der Waals surface area (Å²) in [5.74, 6) is -7.05. The van der Waals surface area contributed by atoms with Crippen LogP contribution >= 0.6 is 0 Å². The molecule has 6 aromatic rings. The van der Waals surface area contributed by atoms with Gasteiger partial charge in [-0.1, -0.05) is 134 Å². The van der Waals surface area contributed by atoms with Crippen molar-refractivity contribution in [2.24, 2.45) is 0 Å². The van der Waals surface area contributed by atoms with Gasteiger partial charge >= 0.3 is 23.9 Å². The summed E-state index contributed by atoms with van der Waals surface area (Å²) in [5, 5.41) is 29.6. The number of hydrogen-bond donors (Lipinski definition) is 4. The highest BCUT2D eigenvalue weighted by atomic mass is 16.4. The Kier molecular flexibility index (Phi) is 34.5. The van der Waals surface area contributed by atoms with Crippen LogP contribution in [0, 0.1) is 0 Å². The molecule has 4 N–H and O–H groups in total. The minimum atomic E-state index is -1.82. The number of pyridine rings is 2. The lowest BCUT2D eigenvalue weighted by molar-refractivity contribution is -0.159. The zero-order chi connectivity index (χ0) is 59.2. The van der Waals surface area contributed by atoms with Gasteiger partial charge in [0.2, 0.25) is 11.6 Å². The van der Waals surface area contributed by atoms with Crippen LogP contribution in [-0.2, 0) is 49.7 Å². The average Bonchev–Trinajstić information content (AvgIpc) is 4.05. The number of carbonyl (C=O) groups excluding carboxylic acids is 3. The second kappa shape index (κ2) is 40.0. The lowest BCUT2D eigenvalue weighted by Crippen LogP contribution is -2.27. The van der Waals surface area contributed by atoms with Crippen molar-refractivity contribution in [3.63, 3.8) is 0 Å². The van der Waals surface area contributed by atoms with Crippen molar-refractivity contribution in [1.82, 2.24) is 18.6 Å². The van der Waals surface area contributed by atoms with Crippen LogP contribution in [0.5, 0.6) is 0 Å². The number of unbranched alkanes of at least 4 members (excludes halogenated alkanes) is 7. The Bertz CT molecular complexity index is 2700. The van der Waals surface area contributed by atoms with Crippen LogP contribution in [0.2, 0.25) is 0 Å². The molecule has 0 fully saturated rings. The smallest absolute Gasteiger partial charge is 0.414 e. The summed E-state index contributed by atoms with van der Waals surface area (Å²) in [6.07, 6.45) is 25.4. The summed E-state index contributed by atoms with van der Waals surface area (Å²) in [5.41, 5.74) is 10.3.